The number of carbonyl (C=O) groups excluding carboxylic acids is 1. The molecule has 2 atom stereocenters. The van der Waals surface area contributed by atoms with Gasteiger partial charge in [0.15, 0.2) is 0 Å². The highest BCUT2D eigenvalue weighted by molar-refractivity contribution is 6.32. The summed E-state index contributed by atoms with van der Waals surface area (Å²) >= 11 is 5.79. The predicted octanol–water partition coefficient (Wildman–Crippen LogP) is 2.40. The van der Waals surface area contributed by atoms with Crippen LogP contribution in [-0.4, -0.2) is 29.1 Å². The molecule has 1 aromatic heterocycles. The number of pyridine rings is 1. The highest BCUT2D eigenvalue weighted by Gasteiger charge is 2.25. The molecule has 1 heterocycles. The second-order valence-electron chi connectivity index (χ2n) is 5.19. The van der Waals surface area contributed by atoms with Crippen LogP contribution in [-0.2, 0) is 0 Å². The van der Waals surface area contributed by atoms with E-state index in [2.05, 4.69) is 10.3 Å². The number of nitrogens with one attached hydrogen (secondary N) is 1. The summed E-state index contributed by atoms with van der Waals surface area (Å²) in [6, 6.07) is 1.08. The lowest BCUT2D eigenvalue weighted by molar-refractivity contribution is 0.0908. The topological polar surface area (TPSA) is 62.2 Å². The Morgan fingerprint density at radius 1 is 1.45 bits per heavy atom. The Morgan fingerprint density at radius 2 is 2.15 bits per heavy atom. The van der Waals surface area contributed by atoms with Crippen molar-refractivity contribution in [3.63, 3.8) is 0 Å². The first-order chi connectivity index (χ1) is 9.61. The Bertz CT molecular complexity index is 484. The minimum absolute atomic E-state index is 0.00810. The summed E-state index contributed by atoms with van der Waals surface area (Å²) in [6.45, 7) is 0.611. The Balaban J connectivity index is 1.96. The van der Waals surface area contributed by atoms with Gasteiger partial charge in [0.25, 0.3) is 5.91 Å². The highest BCUT2D eigenvalue weighted by atomic mass is 35.5. The average molecular weight is 301 g/mol. The standard InChI is InChI=1S/C14H18ClFN2O2/c15-13-12(5-11(16)7-17-13)14(20)18-6-9-3-1-2-4-10(9)8-19/h5,7,9-10,19H,1-4,6,8H2,(H,18,20). The summed E-state index contributed by atoms with van der Waals surface area (Å²) in [6.07, 6.45) is 5.18. The second kappa shape index (κ2) is 6.99. The van der Waals surface area contributed by atoms with E-state index in [0.29, 0.717) is 6.54 Å². The molecular weight excluding hydrogens is 283 g/mol. The van der Waals surface area contributed by atoms with Gasteiger partial charge in [-0.2, -0.15) is 0 Å². The van der Waals surface area contributed by atoms with Gasteiger partial charge in [-0.05, 0) is 30.7 Å². The maximum atomic E-state index is 13.1. The molecule has 2 rings (SSSR count). The predicted molar refractivity (Wildman–Crippen MR) is 74.1 cm³/mol. The third kappa shape index (κ3) is 3.67. The van der Waals surface area contributed by atoms with Crippen LogP contribution < -0.4 is 5.32 Å². The van der Waals surface area contributed by atoms with Gasteiger partial charge in [0.1, 0.15) is 11.0 Å². The van der Waals surface area contributed by atoms with Crippen molar-refractivity contribution in [1.29, 1.82) is 0 Å². The van der Waals surface area contributed by atoms with Gasteiger partial charge in [0.2, 0.25) is 0 Å². The molecule has 6 heteroatoms. The number of halogens is 2. The minimum atomic E-state index is -0.592. The van der Waals surface area contributed by atoms with E-state index < -0.39 is 11.7 Å². The minimum Gasteiger partial charge on any atom is -0.396 e. The number of nitrogens with zero attached hydrogens (tertiary/aromatic N) is 1. The molecule has 1 aliphatic carbocycles. The quantitative estimate of drug-likeness (QED) is 0.839. The van der Waals surface area contributed by atoms with Gasteiger partial charge < -0.3 is 10.4 Å². The second-order valence-corrected chi connectivity index (χ2v) is 5.55. The summed E-state index contributed by atoms with van der Waals surface area (Å²) in [7, 11) is 0. The monoisotopic (exact) mass is 300 g/mol. The van der Waals surface area contributed by atoms with Crippen molar-refractivity contribution in [2.45, 2.75) is 25.7 Å². The van der Waals surface area contributed by atoms with E-state index in [-0.39, 0.29) is 29.2 Å². The first-order valence-electron chi connectivity index (χ1n) is 6.82. The lowest BCUT2D eigenvalue weighted by Gasteiger charge is -2.30. The summed E-state index contributed by atoms with van der Waals surface area (Å²) < 4.78 is 13.1. The molecule has 2 N–H and O–H groups in total. The zero-order valence-electron chi connectivity index (χ0n) is 11.1. The summed E-state index contributed by atoms with van der Waals surface area (Å²) in [4.78, 5) is 15.6. The first kappa shape index (κ1) is 15.2. The molecule has 0 radical (unpaired) electrons. The molecule has 110 valence electrons. The van der Waals surface area contributed by atoms with E-state index in [1.54, 1.807) is 0 Å². The SMILES string of the molecule is O=C(NCC1CCCCC1CO)c1cc(F)cnc1Cl. The Hall–Kier alpha value is -1.20. The molecule has 0 saturated heterocycles. The zero-order valence-corrected chi connectivity index (χ0v) is 11.9. The van der Waals surface area contributed by atoms with Crippen molar-refractivity contribution >= 4 is 17.5 Å². The van der Waals surface area contributed by atoms with Crippen molar-refractivity contribution in [3.05, 3.63) is 28.8 Å². The van der Waals surface area contributed by atoms with Crippen molar-refractivity contribution in [2.75, 3.05) is 13.2 Å². The Morgan fingerprint density at radius 3 is 2.85 bits per heavy atom. The lowest BCUT2D eigenvalue weighted by atomic mass is 9.79. The summed E-state index contributed by atoms with van der Waals surface area (Å²) in [5, 5.41) is 12.1. The van der Waals surface area contributed by atoms with E-state index in [0.717, 1.165) is 37.9 Å². The third-order valence-corrected chi connectivity index (χ3v) is 4.18. The number of carbonyl (C=O) groups is 1. The van der Waals surface area contributed by atoms with Crippen LogP contribution in [0.1, 0.15) is 36.0 Å². The zero-order chi connectivity index (χ0) is 14.5. The molecule has 2 unspecified atom stereocenters. The van der Waals surface area contributed by atoms with Gasteiger partial charge >= 0.3 is 0 Å². The van der Waals surface area contributed by atoms with Crippen molar-refractivity contribution in [3.8, 4) is 0 Å². The van der Waals surface area contributed by atoms with E-state index in [1.807, 2.05) is 0 Å². The average Bonchev–Trinajstić information content (AvgIpc) is 2.47. The van der Waals surface area contributed by atoms with Crippen LogP contribution >= 0.6 is 11.6 Å². The van der Waals surface area contributed by atoms with E-state index in [9.17, 15) is 14.3 Å². The summed E-state index contributed by atoms with van der Waals surface area (Å²) in [5.74, 6) is -0.530. The molecule has 1 saturated carbocycles. The maximum absolute atomic E-state index is 13.1. The first-order valence-corrected chi connectivity index (χ1v) is 7.19. The van der Waals surface area contributed by atoms with Crippen LogP contribution in [0, 0.1) is 17.7 Å². The normalized spacial score (nSPS) is 22.6. The van der Waals surface area contributed by atoms with Crippen molar-refractivity contribution < 1.29 is 14.3 Å². The molecule has 0 bridgehead atoms. The number of hydrogen-bond donors (Lipinski definition) is 2. The smallest absolute Gasteiger partial charge is 0.254 e. The number of aliphatic hydroxyl groups excluding tert-OH is 1. The fourth-order valence-corrected chi connectivity index (χ4v) is 2.88. The highest BCUT2D eigenvalue weighted by Crippen LogP contribution is 2.29. The van der Waals surface area contributed by atoms with Crippen LogP contribution in [0.2, 0.25) is 5.15 Å². The number of rotatable bonds is 4. The molecule has 20 heavy (non-hydrogen) atoms. The number of hydrogen-bond acceptors (Lipinski definition) is 3. The van der Waals surface area contributed by atoms with Crippen LogP contribution in [0.25, 0.3) is 0 Å². The number of amides is 1. The van der Waals surface area contributed by atoms with Gasteiger partial charge in [0.05, 0.1) is 11.8 Å². The van der Waals surface area contributed by atoms with E-state index >= 15 is 0 Å². The molecule has 0 aliphatic heterocycles. The molecule has 1 aliphatic rings. The largest absolute Gasteiger partial charge is 0.396 e. The third-order valence-electron chi connectivity index (χ3n) is 3.88. The van der Waals surface area contributed by atoms with Gasteiger partial charge in [0, 0.05) is 13.2 Å². The number of aromatic nitrogens is 1. The number of aliphatic hydroxyl groups is 1. The van der Waals surface area contributed by atoms with Crippen molar-refractivity contribution in [2.24, 2.45) is 11.8 Å². The van der Waals surface area contributed by atoms with Crippen LogP contribution in [0.15, 0.2) is 12.3 Å². The fraction of sp³-hybridized carbons (Fsp3) is 0.571. The molecule has 4 nitrogen and oxygen atoms in total. The molecule has 1 aromatic rings. The van der Waals surface area contributed by atoms with Gasteiger partial charge in [-0.15, -0.1) is 0 Å². The van der Waals surface area contributed by atoms with Crippen LogP contribution in [0.3, 0.4) is 0 Å². The van der Waals surface area contributed by atoms with Crippen LogP contribution in [0.4, 0.5) is 4.39 Å². The molecule has 0 spiro atoms. The van der Waals surface area contributed by atoms with E-state index in [1.165, 1.54) is 0 Å². The maximum Gasteiger partial charge on any atom is 0.254 e. The molecular formula is C14H18ClFN2O2. The summed E-state index contributed by atoms with van der Waals surface area (Å²) in [5.41, 5.74) is 0.0445. The van der Waals surface area contributed by atoms with Gasteiger partial charge in [-0.1, -0.05) is 24.4 Å². The molecule has 0 aromatic carbocycles. The van der Waals surface area contributed by atoms with E-state index in [4.69, 9.17) is 11.6 Å². The Labute approximate surface area is 122 Å². The fourth-order valence-electron chi connectivity index (χ4n) is 2.69. The van der Waals surface area contributed by atoms with Gasteiger partial charge in [-0.25, -0.2) is 9.37 Å². The molecule has 1 fully saturated rings. The van der Waals surface area contributed by atoms with Crippen molar-refractivity contribution in [1.82, 2.24) is 10.3 Å². The lowest BCUT2D eigenvalue weighted by Crippen LogP contribution is -2.35. The van der Waals surface area contributed by atoms with Crippen LogP contribution in [0.5, 0.6) is 0 Å². The molecule has 1 amide bonds. The van der Waals surface area contributed by atoms with Gasteiger partial charge in [-0.3, -0.25) is 4.79 Å². The Kier molecular flexibility index (Phi) is 5.31.